The lowest BCUT2D eigenvalue weighted by molar-refractivity contribution is -0.147. The Kier molecular flexibility index (Phi) is 6.56. The van der Waals surface area contributed by atoms with Crippen LogP contribution in [-0.2, 0) is 9.59 Å². The molecule has 134 valence electrons. The van der Waals surface area contributed by atoms with E-state index in [1.807, 2.05) is 6.07 Å². The molecule has 1 aliphatic rings. The number of urea groups is 1. The first-order valence-electron chi connectivity index (χ1n) is 8.27. The van der Waals surface area contributed by atoms with Gasteiger partial charge in [0.25, 0.3) is 0 Å². The molecular formula is C18H23N3O4. The molecule has 1 heterocycles. The fourth-order valence-corrected chi connectivity index (χ4v) is 2.81. The van der Waals surface area contributed by atoms with E-state index in [-0.39, 0.29) is 5.91 Å². The van der Waals surface area contributed by atoms with Gasteiger partial charge in [0.2, 0.25) is 5.91 Å². The first-order chi connectivity index (χ1) is 12.0. The van der Waals surface area contributed by atoms with Crippen LogP contribution in [0.2, 0.25) is 0 Å². The molecule has 1 aliphatic heterocycles. The standard InChI is InChI=1S/C18H23N3O4/c1-2-3-7-10-20-11-12-21(15(17(20)24)13-16(22)23)18(25)19-14-8-5-4-6-9-14/h2,4-6,8-9,15H,1,3,7,10-13H2,(H,19,25)(H,22,23). The van der Waals surface area contributed by atoms with Crippen LogP contribution in [0, 0.1) is 0 Å². The zero-order chi connectivity index (χ0) is 18.2. The highest BCUT2D eigenvalue weighted by Crippen LogP contribution is 2.18. The molecule has 1 aromatic carbocycles. The molecule has 7 heteroatoms. The van der Waals surface area contributed by atoms with Gasteiger partial charge in [-0.1, -0.05) is 24.3 Å². The summed E-state index contributed by atoms with van der Waals surface area (Å²) in [5, 5.41) is 11.8. The number of unbranched alkanes of at least 4 members (excludes halogenated alkanes) is 1. The van der Waals surface area contributed by atoms with Gasteiger partial charge in [0, 0.05) is 25.3 Å². The number of rotatable bonds is 7. The molecule has 3 amide bonds. The molecule has 2 rings (SSSR count). The van der Waals surface area contributed by atoms with E-state index >= 15 is 0 Å². The Morgan fingerprint density at radius 3 is 2.64 bits per heavy atom. The molecule has 25 heavy (non-hydrogen) atoms. The van der Waals surface area contributed by atoms with Crippen molar-refractivity contribution in [1.29, 1.82) is 0 Å². The monoisotopic (exact) mass is 345 g/mol. The average molecular weight is 345 g/mol. The van der Waals surface area contributed by atoms with E-state index in [9.17, 15) is 14.4 Å². The number of carboxylic acid groups (broad SMARTS) is 1. The Morgan fingerprint density at radius 1 is 1.28 bits per heavy atom. The maximum Gasteiger partial charge on any atom is 0.322 e. The van der Waals surface area contributed by atoms with Crippen LogP contribution < -0.4 is 5.32 Å². The van der Waals surface area contributed by atoms with E-state index in [2.05, 4.69) is 11.9 Å². The minimum absolute atomic E-state index is 0.302. The maximum absolute atomic E-state index is 12.6. The summed E-state index contributed by atoms with van der Waals surface area (Å²) < 4.78 is 0. The Morgan fingerprint density at radius 2 is 2.00 bits per heavy atom. The lowest BCUT2D eigenvalue weighted by Crippen LogP contribution is -2.60. The van der Waals surface area contributed by atoms with Gasteiger partial charge in [-0.05, 0) is 25.0 Å². The second kappa shape index (κ2) is 8.86. The number of amides is 3. The van der Waals surface area contributed by atoms with Crippen LogP contribution in [-0.4, -0.2) is 58.5 Å². The Hall–Kier alpha value is -2.83. The van der Waals surface area contributed by atoms with Crippen LogP contribution >= 0.6 is 0 Å². The maximum atomic E-state index is 12.6. The number of anilines is 1. The van der Waals surface area contributed by atoms with Crippen molar-refractivity contribution in [3.8, 4) is 0 Å². The normalized spacial score (nSPS) is 17.3. The largest absolute Gasteiger partial charge is 0.481 e. The molecule has 0 aromatic heterocycles. The van der Waals surface area contributed by atoms with Gasteiger partial charge in [-0.15, -0.1) is 6.58 Å². The molecule has 0 aliphatic carbocycles. The topological polar surface area (TPSA) is 89.9 Å². The van der Waals surface area contributed by atoms with Crippen molar-refractivity contribution >= 4 is 23.6 Å². The van der Waals surface area contributed by atoms with E-state index in [1.54, 1.807) is 35.2 Å². The number of nitrogens with one attached hydrogen (secondary N) is 1. The second-order valence-electron chi connectivity index (χ2n) is 5.86. The molecule has 1 unspecified atom stereocenters. The highest BCUT2D eigenvalue weighted by Gasteiger charge is 2.38. The van der Waals surface area contributed by atoms with Crippen molar-refractivity contribution in [1.82, 2.24) is 9.80 Å². The number of piperazine rings is 1. The van der Waals surface area contributed by atoms with Gasteiger partial charge < -0.3 is 20.2 Å². The van der Waals surface area contributed by atoms with E-state index in [4.69, 9.17) is 5.11 Å². The Labute approximate surface area is 146 Å². The van der Waals surface area contributed by atoms with Crippen molar-refractivity contribution < 1.29 is 19.5 Å². The van der Waals surface area contributed by atoms with Crippen LogP contribution in [0.4, 0.5) is 10.5 Å². The number of allylic oxidation sites excluding steroid dienone is 1. The van der Waals surface area contributed by atoms with E-state index in [0.29, 0.717) is 25.3 Å². The number of hydrogen-bond donors (Lipinski definition) is 2. The van der Waals surface area contributed by atoms with Gasteiger partial charge in [-0.2, -0.15) is 0 Å². The second-order valence-corrected chi connectivity index (χ2v) is 5.86. The van der Waals surface area contributed by atoms with Gasteiger partial charge in [-0.3, -0.25) is 9.59 Å². The molecule has 2 N–H and O–H groups in total. The Balaban J connectivity index is 2.08. The van der Waals surface area contributed by atoms with E-state index < -0.39 is 24.5 Å². The molecule has 1 saturated heterocycles. The summed E-state index contributed by atoms with van der Waals surface area (Å²) in [4.78, 5) is 39.3. The average Bonchev–Trinajstić information content (AvgIpc) is 2.58. The summed E-state index contributed by atoms with van der Waals surface area (Å²) in [5.74, 6) is -1.43. The number of carbonyl (C=O) groups is 3. The van der Waals surface area contributed by atoms with Crippen LogP contribution in [0.1, 0.15) is 19.3 Å². The molecule has 0 radical (unpaired) electrons. The predicted octanol–water partition coefficient (Wildman–Crippen LogP) is 2.17. The lowest BCUT2D eigenvalue weighted by Gasteiger charge is -2.40. The predicted molar refractivity (Wildman–Crippen MR) is 94.2 cm³/mol. The van der Waals surface area contributed by atoms with Gasteiger partial charge in [0.05, 0.1) is 6.42 Å². The van der Waals surface area contributed by atoms with E-state index in [1.165, 1.54) is 4.90 Å². The van der Waals surface area contributed by atoms with Crippen LogP contribution in [0.15, 0.2) is 43.0 Å². The van der Waals surface area contributed by atoms with Crippen LogP contribution in [0.3, 0.4) is 0 Å². The molecule has 7 nitrogen and oxygen atoms in total. The SMILES string of the molecule is C=CCCCN1CCN(C(=O)Nc2ccccc2)C(CC(=O)O)C1=O. The number of carbonyl (C=O) groups excluding carboxylic acids is 2. The smallest absolute Gasteiger partial charge is 0.322 e. The molecule has 0 spiro atoms. The molecule has 0 saturated carbocycles. The number of nitrogens with zero attached hydrogens (tertiary/aromatic N) is 2. The molecule has 0 bridgehead atoms. The zero-order valence-electron chi connectivity index (χ0n) is 14.1. The van der Waals surface area contributed by atoms with E-state index in [0.717, 1.165) is 12.8 Å². The highest BCUT2D eigenvalue weighted by atomic mass is 16.4. The fourth-order valence-electron chi connectivity index (χ4n) is 2.81. The Bertz CT molecular complexity index is 632. The van der Waals surface area contributed by atoms with Crippen molar-refractivity contribution in [2.75, 3.05) is 25.0 Å². The van der Waals surface area contributed by atoms with Crippen molar-refractivity contribution in [2.45, 2.75) is 25.3 Å². The third-order valence-corrected chi connectivity index (χ3v) is 4.07. The molecular weight excluding hydrogens is 322 g/mol. The highest BCUT2D eigenvalue weighted by molar-refractivity contribution is 5.96. The van der Waals surface area contributed by atoms with Crippen molar-refractivity contribution in [3.05, 3.63) is 43.0 Å². The number of benzene rings is 1. The zero-order valence-corrected chi connectivity index (χ0v) is 14.1. The minimum Gasteiger partial charge on any atom is -0.481 e. The van der Waals surface area contributed by atoms with Gasteiger partial charge >= 0.3 is 12.0 Å². The van der Waals surface area contributed by atoms with Crippen LogP contribution in [0.25, 0.3) is 0 Å². The summed E-state index contributed by atoms with van der Waals surface area (Å²) in [6.07, 6.45) is 2.93. The van der Waals surface area contributed by atoms with Gasteiger partial charge in [0.15, 0.2) is 0 Å². The summed E-state index contributed by atoms with van der Waals surface area (Å²) in [5.41, 5.74) is 0.599. The molecule has 1 fully saturated rings. The first kappa shape index (κ1) is 18.5. The summed E-state index contributed by atoms with van der Waals surface area (Å²) in [6.45, 7) is 4.89. The summed E-state index contributed by atoms with van der Waals surface area (Å²) in [7, 11) is 0. The number of carboxylic acids is 1. The summed E-state index contributed by atoms with van der Waals surface area (Å²) >= 11 is 0. The van der Waals surface area contributed by atoms with Gasteiger partial charge in [0.1, 0.15) is 6.04 Å². The van der Waals surface area contributed by atoms with Crippen molar-refractivity contribution in [2.24, 2.45) is 0 Å². The minimum atomic E-state index is -1.11. The van der Waals surface area contributed by atoms with Crippen molar-refractivity contribution in [3.63, 3.8) is 0 Å². The number of para-hydroxylation sites is 1. The third-order valence-electron chi connectivity index (χ3n) is 4.07. The number of hydrogen-bond acceptors (Lipinski definition) is 3. The quantitative estimate of drug-likeness (QED) is 0.585. The van der Waals surface area contributed by atoms with Crippen LogP contribution in [0.5, 0.6) is 0 Å². The van der Waals surface area contributed by atoms with Gasteiger partial charge in [-0.25, -0.2) is 4.79 Å². The first-order valence-corrected chi connectivity index (χ1v) is 8.27. The lowest BCUT2D eigenvalue weighted by atomic mass is 10.1. The number of aliphatic carboxylic acids is 1. The fraction of sp³-hybridized carbons (Fsp3) is 0.389. The molecule has 1 atom stereocenters. The summed E-state index contributed by atoms with van der Waals surface area (Å²) in [6, 6.07) is 7.42. The third kappa shape index (κ3) is 5.07. The molecule has 1 aromatic rings.